The summed E-state index contributed by atoms with van der Waals surface area (Å²) in [6, 6.07) is 4.15. The van der Waals surface area contributed by atoms with Crippen LogP contribution in [0.3, 0.4) is 0 Å². The molecule has 0 atom stereocenters. The molecule has 0 bridgehead atoms. The molecule has 0 amide bonds. The Balaban J connectivity index is 3.25. The zero-order chi connectivity index (χ0) is 6.85. The second kappa shape index (κ2) is 2.65. The van der Waals surface area contributed by atoms with Crippen molar-refractivity contribution in [3.63, 3.8) is 0 Å². The van der Waals surface area contributed by atoms with Crippen LogP contribution < -0.4 is 3.51 Å². The van der Waals surface area contributed by atoms with E-state index in [2.05, 4.69) is 0 Å². The van der Waals surface area contributed by atoms with Crippen molar-refractivity contribution in [1.82, 2.24) is 0 Å². The normalized spacial score (nSPS) is 9.67. The van der Waals surface area contributed by atoms with Gasteiger partial charge in [-0.3, -0.25) is 0 Å². The van der Waals surface area contributed by atoms with Gasteiger partial charge in [-0.2, -0.15) is 0 Å². The third kappa shape index (κ3) is 1.42. The van der Waals surface area contributed by atoms with Gasteiger partial charge in [0.1, 0.15) is 0 Å². The fourth-order valence-corrected chi connectivity index (χ4v) is 1.04. The Morgan fingerprint density at radius 3 is 2.33 bits per heavy atom. The number of halogens is 2. The van der Waals surface area contributed by atoms with Gasteiger partial charge in [0.05, 0.1) is 0 Å². The Morgan fingerprint density at radius 2 is 1.89 bits per heavy atom. The molecule has 9 heavy (non-hydrogen) atoms. The van der Waals surface area contributed by atoms with Crippen LogP contribution in [0.25, 0.3) is 0 Å². The molecule has 0 saturated carbocycles. The molecular weight excluding hydrogens is 232 g/mol. The van der Waals surface area contributed by atoms with Crippen LogP contribution in [0.15, 0.2) is 18.2 Å². The molecule has 0 fully saturated rings. The number of hydrogen-bond donors (Lipinski definition) is 0. The van der Waals surface area contributed by atoms with Gasteiger partial charge in [0, 0.05) is 0 Å². The second-order valence-corrected chi connectivity index (χ2v) is 2.95. The van der Waals surface area contributed by atoms with E-state index in [1.807, 2.05) is 0 Å². The number of rotatable bonds is 0. The average molecular weight is 235 g/mol. The quantitative estimate of drug-likeness (QED) is 0.582. The van der Waals surface area contributed by atoms with Gasteiger partial charge in [-0.25, -0.2) is 0 Å². The first-order valence-corrected chi connectivity index (χ1v) is 3.62. The number of hydrogen-bond acceptors (Lipinski definition) is 0. The Bertz CT molecular complexity index is 202. The molecule has 2 radical (unpaired) electrons. The number of benzene rings is 1. The molecule has 0 N–H and O–H groups in total. The van der Waals surface area contributed by atoms with Crippen molar-refractivity contribution >= 4 is 26.5 Å². The van der Waals surface area contributed by atoms with E-state index in [4.69, 9.17) is 0 Å². The van der Waals surface area contributed by atoms with E-state index in [9.17, 15) is 8.78 Å². The van der Waals surface area contributed by atoms with Crippen molar-refractivity contribution in [1.29, 1.82) is 0 Å². The third-order valence-electron chi connectivity index (χ3n) is 0.931. The molecule has 0 nitrogen and oxygen atoms in total. The molecule has 0 heterocycles. The first-order valence-electron chi connectivity index (χ1n) is 2.35. The standard InChI is InChI=1S/C6H3F2.Sb/c7-5-3-1-2-4-6(5)8;/h1-3H;. The Labute approximate surface area is 65.4 Å². The van der Waals surface area contributed by atoms with Crippen LogP contribution in [-0.4, -0.2) is 23.0 Å². The van der Waals surface area contributed by atoms with Crippen LogP contribution in [0.5, 0.6) is 0 Å². The van der Waals surface area contributed by atoms with Gasteiger partial charge in [0.2, 0.25) is 0 Å². The van der Waals surface area contributed by atoms with Crippen LogP contribution in [0.4, 0.5) is 8.78 Å². The molecule has 0 spiro atoms. The Hall–Kier alpha value is -0.102. The summed E-state index contributed by atoms with van der Waals surface area (Å²) >= 11 is 1.18. The molecular formula is C6H3F2Sb. The van der Waals surface area contributed by atoms with E-state index in [0.717, 1.165) is 6.07 Å². The van der Waals surface area contributed by atoms with Crippen LogP contribution >= 0.6 is 0 Å². The maximum absolute atomic E-state index is 12.4. The molecule has 0 aromatic heterocycles. The summed E-state index contributed by atoms with van der Waals surface area (Å²) in [6.07, 6.45) is 0. The predicted octanol–water partition coefficient (Wildman–Crippen LogP) is 0.759. The predicted molar refractivity (Wildman–Crippen MR) is 31.7 cm³/mol. The summed E-state index contributed by atoms with van der Waals surface area (Å²) in [7, 11) is 0. The molecule has 3 heteroatoms. The van der Waals surface area contributed by atoms with Crippen molar-refractivity contribution < 1.29 is 8.78 Å². The summed E-state index contributed by atoms with van der Waals surface area (Å²) in [6.45, 7) is 0. The maximum atomic E-state index is 12.4. The fraction of sp³-hybridized carbons (Fsp3) is 0. The van der Waals surface area contributed by atoms with Crippen molar-refractivity contribution in [3.05, 3.63) is 29.8 Å². The molecule has 1 aromatic carbocycles. The summed E-state index contributed by atoms with van der Waals surface area (Å²) < 4.78 is 25.0. The SMILES string of the molecule is Fc1ccc[c]([Sb])c1F. The van der Waals surface area contributed by atoms with Crippen molar-refractivity contribution in [3.8, 4) is 0 Å². The molecule has 0 aliphatic rings. The molecule has 0 aliphatic heterocycles. The van der Waals surface area contributed by atoms with Gasteiger partial charge in [-0.05, 0) is 0 Å². The topological polar surface area (TPSA) is 0 Å². The minimum atomic E-state index is -0.770. The summed E-state index contributed by atoms with van der Waals surface area (Å²) in [5, 5.41) is 0. The van der Waals surface area contributed by atoms with Crippen molar-refractivity contribution in [2.75, 3.05) is 0 Å². The summed E-state index contributed by atoms with van der Waals surface area (Å²) in [5.41, 5.74) is 0. The van der Waals surface area contributed by atoms with Crippen LogP contribution in [0, 0.1) is 11.6 Å². The van der Waals surface area contributed by atoms with Gasteiger partial charge in [-0.1, -0.05) is 0 Å². The molecule has 0 aliphatic carbocycles. The molecule has 0 saturated heterocycles. The second-order valence-electron chi connectivity index (χ2n) is 1.57. The zero-order valence-electron chi connectivity index (χ0n) is 4.44. The summed E-state index contributed by atoms with van der Waals surface area (Å²) in [5.74, 6) is -1.50. The van der Waals surface area contributed by atoms with E-state index in [1.165, 1.54) is 29.1 Å². The van der Waals surface area contributed by atoms with Gasteiger partial charge in [0.15, 0.2) is 0 Å². The first kappa shape index (κ1) is 7.01. The van der Waals surface area contributed by atoms with E-state index >= 15 is 0 Å². The van der Waals surface area contributed by atoms with Crippen LogP contribution in [0.1, 0.15) is 0 Å². The molecule has 1 aromatic rings. The average Bonchev–Trinajstić information content (AvgIpc) is 1.83. The van der Waals surface area contributed by atoms with Gasteiger partial charge >= 0.3 is 65.1 Å². The monoisotopic (exact) mass is 234 g/mol. The van der Waals surface area contributed by atoms with Gasteiger partial charge < -0.3 is 0 Å². The molecule has 0 unspecified atom stereocenters. The zero-order valence-corrected chi connectivity index (χ0v) is 6.99. The third-order valence-corrected chi connectivity index (χ3v) is 1.92. The van der Waals surface area contributed by atoms with Gasteiger partial charge in [0.25, 0.3) is 0 Å². The minimum absolute atomic E-state index is 0.393. The Kier molecular flexibility index (Phi) is 2.07. The van der Waals surface area contributed by atoms with Crippen molar-refractivity contribution in [2.45, 2.75) is 0 Å². The first-order chi connectivity index (χ1) is 4.22. The van der Waals surface area contributed by atoms with E-state index < -0.39 is 11.6 Å². The van der Waals surface area contributed by atoms with E-state index in [0.29, 0.717) is 3.51 Å². The molecule has 1 rings (SSSR count). The Morgan fingerprint density at radius 1 is 1.22 bits per heavy atom. The van der Waals surface area contributed by atoms with Crippen molar-refractivity contribution in [2.24, 2.45) is 0 Å². The van der Waals surface area contributed by atoms with Gasteiger partial charge in [-0.15, -0.1) is 0 Å². The summed E-state index contributed by atoms with van der Waals surface area (Å²) in [4.78, 5) is 0. The van der Waals surface area contributed by atoms with Crippen LogP contribution in [-0.2, 0) is 0 Å². The van der Waals surface area contributed by atoms with Crippen LogP contribution in [0.2, 0.25) is 0 Å². The van der Waals surface area contributed by atoms with E-state index in [1.54, 1.807) is 6.07 Å². The fourth-order valence-electron chi connectivity index (χ4n) is 0.492. The van der Waals surface area contributed by atoms with E-state index in [-0.39, 0.29) is 0 Å². The molecule has 46 valence electrons.